The van der Waals surface area contributed by atoms with Gasteiger partial charge in [-0.2, -0.15) is 15.1 Å². The van der Waals surface area contributed by atoms with Gasteiger partial charge < -0.3 is 5.32 Å². The highest BCUT2D eigenvalue weighted by atomic mass is 35.5. The van der Waals surface area contributed by atoms with Crippen LogP contribution >= 0.6 is 11.6 Å². The van der Waals surface area contributed by atoms with Crippen molar-refractivity contribution in [2.24, 2.45) is 0 Å². The average molecular weight is 403 g/mol. The van der Waals surface area contributed by atoms with Gasteiger partial charge >= 0.3 is 0 Å². The molecule has 0 bridgehead atoms. The van der Waals surface area contributed by atoms with Crippen LogP contribution in [-0.2, 0) is 10.0 Å². The lowest BCUT2D eigenvalue weighted by Crippen LogP contribution is -2.12. The molecule has 0 aliphatic carbocycles. The first-order valence-corrected chi connectivity index (χ1v) is 9.82. The monoisotopic (exact) mass is 402 g/mol. The zero-order valence-electron chi connectivity index (χ0n) is 14.4. The maximum Gasteiger partial charge on any atom is 0.269 e. The van der Waals surface area contributed by atoms with Crippen molar-refractivity contribution in [3.63, 3.8) is 0 Å². The fourth-order valence-corrected chi connectivity index (χ4v) is 4.14. The van der Waals surface area contributed by atoms with E-state index in [1.54, 1.807) is 36.4 Å². The number of hydrogen-bond donors (Lipinski definition) is 2. The maximum absolute atomic E-state index is 13.0. The van der Waals surface area contributed by atoms with Crippen LogP contribution in [0.4, 0.5) is 11.6 Å². The molecular formula is C17H15ClN6O2S. The van der Waals surface area contributed by atoms with Crippen molar-refractivity contribution >= 4 is 44.3 Å². The number of halogens is 1. The van der Waals surface area contributed by atoms with E-state index in [4.69, 9.17) is 11.6 Å². The smallest absolute Gasteiger partial charge is 0.269 e. The largest absolute Gasteiger partial charge is 0.323 e. The highest BCUT2D eigenvalue weighted by Crippen LogP contribution is 2.28. The second-order valence-electron chi connectivity index (χ2n) is 6.07. The van der Waals surface area contributed by atoms with Crippen LogP contribution in [0.15, 0.2) is 47.5 Å². The summed E-state index contributed by atoms with van der Waals surface area (Å²) in [5, 5.41) is 10.4. The van der Waals surface area contributed by atoms with E-state index in [0.717, 1.165) is 15.2 Å². The Hall–Kier alpha value is -2.91. The molecule has 3 aromatic heterocycles. The summed E-state index contributed by atoms with van der Waals surface area (Å²) >= 11 is 6.04. The molecule has 0 atom stereocenters. The number of aromatic amines is 1. The summed E-state index contributed by atoms with van der Waals surface area (Å²) in [7, 11) is -3.82. The molecule has 4 aromatic rings. The van der Waals surface area contributed by atoms with Crippen LogP contribution < -0.4 is 5.32 Å². The Balaban J connectivity index is 1.85. The van der Waals surface area contributed by atoms with Crippen LogP contribution in [0.5, 0.6) is 0 Å². The minimum Gasteiger partial charge on any atom is -0.323 e. The lowest BCUT2D eigenvalue weighted by Gasteiger charge is -2.09. The quantitative estimate of drug-likeness (QED) is 0.507. The summed E-state index contributed by atoms with van der Waals surface area (Å²) in [6.45, 7) is 3.76. The number of hydrogen-bond acceptors (Lipinski definition) is 6. The second kappa shape index (κ2) is 6.36. The molecule has 0 aliphatic rings. The highest BCUT2D eigenvalue weighted by molar-refractivity contribution is 7.90. The summed E-state index contributed by atoms with van der Waals surface area (Å²) in [4.78, 5) is 8.45. The van der Waals surface area contributed by atoms with Gasteiger partial charge in [0.15, 0.2) is 11.5 Å². The predicted octanol–water partition coefficient (Wildman–Crippen LogP) is 3.41. The van der Waals surface area contributed by atoms with Crippen molar-refractivity contribution in [3.8, 4) is 0 Å². The first-order chi connectivity index (χ1) is 12.8. The van der Waals surface area contributed by atoms with Gasteiger partial charge in [0.25, 0.3) is 10.0 Å². The van der Waals surface area contributed by atoms with Crippen molar-refractivity contribution in [2.45, 2.75) is 18.7 Å². The third-order valence-corrected chi connectivity index (χ3v) is 5.86. The number of benzene rings is 1. The van der Waals surface area contributed by atoms with Gasteiger partial charge in [-0.3, -0.25) is 5.10 Å². The molecule has 0 spiro atoms. The SMILES string of the molecule is Cc1ccc(S(=O)(=O)n2ccc3c(Nc4cc(C)[nH]n4)nc(Cl)nc32)cc1. The van der Waals surface area contributed by atoms with Gasteiger partial charge in [0.2, 0.25) is 5.28 Å². The molecule has 1 aromatic carbocycles. The van der Waals surface area contributed by atoms with Crippen LogP contribution in [-0.4, -0.2) is 32.6 Å². The minimum atomic E-state index is -3.82. The van der Waals surface area contributed by atoms with E-state index < -0.39 is 10.0 Å². The number of fused-ring (bicyclic) bond motifs is 1. The third kappa shape index (κ3) is 3.15. The number of aromatic nitrogens is 5. The average Bonchev–Trinajstić information content (AvgIpc) is 3.21. The molecule has 0 saturated heterocycles. The Labute approximate surface area is 160 Å². The van der Waals surface area contributed by atoms with Gasteiger partial charge in [-0.1, -0.05) is 17.7 Å². The summed E-state index contributed by atoms with van der Waals surface area (Å²) in [6.07, 6.45) is 1.44. The third-order valence-electron chi connectivity index (χ3n) is 4.01. The van der Waals surface area contributed by atoms with Crippen LogP contribution in [0.2, 0.25) is 5.28 Å². The molecule has 0 saturated carbocycles. The molecule has 2 N–H and O–H groups in total. The van der Waals surface area contributed by atoms with Crippen LogP contribution in [0.25, 0.3) is 11.0 Å². The van der Waals surface area contributed by atoms with E-state index in [1.807, 2.05) is 13.8 Å². The molecule has 0 radical (unpaired) electrons. The molecule has 8 nitrogen and oxygen atoms in total. The van der Waals surface area contributed by atoms with Crippen LogP contribution in [0.1, 0.15) is 11.3 Å². The molecule has 27 heavy (non-hydrogen) atoms. The zero-order chi connectivity index (χ0) is 19.2. The van der Waals surface area contributed by atoms with E-state index in [2.05, 4.69) is 25.5 Å². The number of H-pyrrole nitrogens is 1. The van der Waals surface area contributed by atoms with Gasteiger partial charge in [-0.15, -0.1) is 0 Å². The molecule has 0 aliphatic heterocycles. The molecule has 4 rings (SSSR count). The van der Waals surface area contributed by atoms with Crippen molar-refractivity contribution in [2.75, 3.05) is 5.32 Å². The highest BCUT2D eigenvalue weighted by Gasteiger charge is 2.22. The summed E-state index contributed by atoms with van der Waals surface area (Å²) in [5.74, 6) is 0.909. The van der Waals surface area contributed by atoms with Crippen molar-refractivity contribution < 1.29 is 8.42 Å². The number of nitrogens with zero attached hydrogens (tertiary/aromatic N) is 4. The number of anilines is 2. The lowest BCUT2D eigenvalue weighted by molar-refractivity contribution is 0.588. The first kappa shape index (κ1) is 17.5. The fourth-order valence-electron chi connectivity index (χ4n) is 2.68. The van der Waals surface area contributed by atoms with Gasteiger partial charge in [0.1, 0.15) is 5.82 Å². The molecular weight excluding hydrogens is 388 g/mol. The molecule has 0 amide bonds. The van der Waals surface area contributed by atoms with Gasteiger partial charge in [-0.05, 0) is 43.6 Å². The number of nitrogens with one attached hydrogen (secondary N) is 2. The minimum absolute atomic E-state index is 0.0729. The Morgan fingerprint density at radius 3 is 2.52 bits per heavy atom. The molecule has 3 heterocycles. The van der Waals surface area contributed by atoms with E-state index in [9.17, 15) is 8.42 Å². The predicted molar refractivity (Wildman–Crippen MR) is 103 cm³/mol. The number of aryl methyl sites for hydroxylation is 2. The van der Waals surface area contributed by atoms with Gasteiger partial charge in [0.05, 0.1) is 10.3 Å². The van der Waals surface area contributed by atoms with Gasteiger partial charge in [-0.25, -0.2) is 12.4 Å². The molecule has 0 fully saturated rings. The Morgan fingerprint density at radius 2 is 1.85 bits per heavy atom. The van der Waals surface area contributed by atoms with E-state index in [0.29, 0.717) is 17.0 Å². The summed E-state index contributed by atoms with van der Waals surface area (Å²) in [6, 6.07) is 10.0. The Morgan fingerprint density at radius 1 is 1.11 bits per heavy atom. The van der Waals surface area contributed by atoms with Crippen molar-refractivity contribution in [3.05, 3.63) is 59.1 Å². The topological polar surface area (TPSA) is 106 Å². The van der Waals surface area contributed by atoms with Crippen molar-refractivity contribution in [1.82, 2.24) is 24.1 Å². The van der Waals surface area contributed by atoms with E-state index in [-0.39, 0.29) is 15.8 Å². The van der Waals surface area contributed by atoms with E-state index in [1.165, 1.54) is 6.20 Å². The zero-order valence-corrected chi connectivity index (χ0v) is 16.0. The lowest BCUT2D eigenvalue weighted by atomic mass is 10.2. The molecule has 10 heteroatoms. The molecule has 0 unspecified atom stereocenters. The Bertz CT molecular complexity index is 1240. The van der Waals surface area contributed by atoms with Crippen molar-refractivity contribution in [1.29, 1.82) is 0 Å². The molecule has 138 valence electrons. The first-order valence-electron chi connectivity index (χ1n) is 8.00. The Kier molecular flexibility index (Phi) is 4.12. The second-order valence-corrected chi connectivity index (χ2v) is 8.22. The summed E-state index contributed by atoms with van der Waals surface area (Å²) < 4.78 is 27.2. The van der Waals surface area contributed by atoms with Gasteiger partial charge in [0, 0.05) is 18.0 Å². The summed E-state index contributed by atoms with van der Waals surface area (Å²) in [5.41, 5.74) is 2.02. The normalized spacial score (nSPS) is 11.8. The van der Waals surface area contributed by atoms with E-state index >= 15 is 0 Å². The number of rotatable bonds is 4. The fraction of sp³-hybridized carbons (Fsp3) is 0.118. The standard InChI is InChI=1S/C17H15ClN6O2S/c1-10-3-5-12(6-4-10)27(25,26)24-8-7-13-15(20-17(18)21-16(13)24)19-14-9-11(2)22-23-14/h3-9H,1-2H3,(H2,19,20,21,22,23). The maximum atomic E-state index is 13.0. The van der Waals surface area contributed by atoms with Crippen LogP contribution in [0.3, 0.4) is 0 Å². The van der Waals surface area contributed by atoms with Crippen LogP contribution in [0, 0.1) is 13.8 Å².